The summed E-state index contributed by atoms with van der Waals surface area (Å²) < 4.78 is 0. The Morgan fingerprint density at radius 2 is 2.04 bits per heavy atom. The maximum atomic E-state index is 11.8. The zero-order valence-electron chi connectivity index (χ0n) is 14.4. The molecule has 5 unspecified atom stereocenters. The molecule has 0 heterocycles. The second-order valence-corrected chi connectivity index (χ2v) is 9.04. The van der Waals surface area contributed by atoms with Gasteiger partial charge in [-0.3, -0.25) is 4.79 Å². The van der Waals surface area contributed by atoms with E-state index in [2.05, 4.69) is 13.8 Å². The monoisotopic (exact) mass is 318 g/mol. The number of carbonyl (C=O) groups is 1. The van der Waals surface area contributed by atoms with Crippen LogP contribution in [0.5, 0.6) is 0 Å². The average molecular weight is 318 g/mol. The van der Waals surface area contributed by atoms with Gasteiger partial charge in [0, 0.05) is 11.8 Å². The van der Waals surface area contributed by atoms with Crippen LogP contribution in [0.2, 0.25) is 0 Å². The fourth-order valence-corrected chi connectivity index (χ4v) is 6.96. The Morgan fingerprint density at radius 3 is 2.78 bits per heavy atom. The number of aliphatic hydroxyl groups is 2. The summed E-state index contributed by atoms with van der Waals surface area (Å²) in [7, 11) is 0. The van der Waals surface area contributed by atoms with Crippen molar-refractivity contribution in [2.45, 2.75) is 64.4 Å². The van der Waals surface area contributed by atoms with Gasteiger partial charge in [0.15, 0.2) is 5.78 Å². The molecule has 23 heavy (non-hydrogen) atoms. The predicted molar refractivity (Wildman–Crippen MR) is 88.7 cm³/mol. The van der Waals surface area contributed by atoms with E-state index < -0.39 is 5.60 Å². The highest BCUT2D eigenvalue weighted by atomic mass is 16.3. The van der Waals surface area contributed by atoms with E-state index >= 15 is 0 Å². The molecule has 3 heteroatoms. The minimum atomic E-state index is -0.888. The zero-order chi connectivity index (χ0) is 16.4. The molecule has 0 bridgehead atoms. The van der Waals surface area contributed by atoms with Crippen LogP contribution in [-0.4, -0.2) is 28.2 Å². The first-order valence-electron chi connectivity index (χ1n) is 9.46. The van der Waals surface area contributed by atoms with Crippen LogP contribution in [-0.2, 0) is 4.79 Å². The van der Waals surface area contributed by atoms with Crippen LogP contribution in [0, 0.1) is 35.0 Å². The average Bonchev–Trinajstić information content (AvgIpc) is 2.79. The maximum absolute atomic E-state index is 11.8. The van der Waals surface area contributed by atoms with E-state index in [9.17, 15) is 15.0 Å². The van der Waals surface area contributed by atoms with E-state index in [1.807, 2.05) is 6.08 Å². The van der Waals surface area contributed by atoms with Crippen molar-refractivity contribution >= 4 is 5.78 Å². The van der Waals surface area contributed by atoms with Gasteiger partial charge in [0.2, 0.25) is 0 Å². The molecule has 3 saturated carbocycles. The van der Waals surface area contributed by atoms with Crippen molar-refractivity contribution < 1.29 is 15.0 Å². The van der Waals surface area contributed by atoms with Crippen molar-refractivity contribution in [2.24, 2.45) is 35.0 Å². The molecule has 0 radical (unpaired) electrons. The highest BCUT2D eigenvalue weighted by Crippen LogP contribution is 2.65. The first-order valence-corrected chi connectivity index (χ1v) is 9.46. The van der Waals surface area contributed by atoms with E-state index in [1.165, 1.54) is 5.57 Å². The minimum absolute atomic E-state index is 0.102. The normalized spacial score (nSPS) is 52.4. The Balaban J connectivity index is 1.68. The molecule has 2 N–H and O–H groups in total. The smallest absolute Gasteiger partial charge is 0.155 e. The predicted octanol–water partition coefficient (Wildman–Crippen LogP) is 3.10. The van der Waals surface area contributed by atoms with Crippen LogP contribution < -0.4 is 0 Å². The lowest BCUT2D eigenvalue weighted by atomic mass is 9.48. The summed E-state index contributed by atoms with van der Waals surface area (Å²) in [6, 6.07) is 0. The van der Waals surface area contributed by atoms with Gasteiger partial charge >= 0.3 is 0 Å². The zero-order valence-corrected chi connectivity index (χ0v) is 14.4. The summed E-state index contributed by atoms with van der Waals surface area (Å²) in [5.41, 5.74) is 0.387. The fraction of sp³-hybridized carbons (Fsp3) is 0.850. The summed E-state index contributed by atoms with van der Waals surface area (Å²) >= 11 is 0. The number of ketones is 1. The van der Waals surface area contributed by atoms with Crippen molar-refractivity contribution in [2.75, 3.05) is 6.61 Å². The molecular weight excluding hydrogens is 288 g/mol. The Kier molecular flexibility index (Phi) is 3.55. The lowest BCUT2D eigenvalue weighted by Crippen LogP contribution is -2.55. The van der Waals surface area contributed by atoms with E-state index in [0.29, 0.717) is 41.8 Å². The van der Waals surface area contributed by atoms with E-state index in [0.717, 1.165) is 38.5 Å². The van der Waals surface area contributed by atoms with Crippen LogP contribution in [0.1, 0.15) is 58.8 Å². The maximum Gasteiger partial charge on any atom is 0.155 e. The topological polar surface area (TPSA) is 57.5 Å². The van der Waals surface area contributed by atoms with E-state index in [1.54, 1.807) is 0 Å². The number of hydrogen-bond acceptors (Lipinski definition) is 3. The standard InChI is InChI=1S/C20H30O3/c1-12-9-13-10-14(22)3-4-15(13)16-5-7-19(2)17(18(12)16)6-8-20(19,23)11-21/h10,12,15-18,21,23H,3-9,11H2,1-2H3/t12-,15?,16?,17?,18?,19?,20-/m1/s1. The molecule has 3 nitrogen and oxygen atoms in total. The molecule has 4 aliphatic carbocycles. The third kappa shape index (κ3) is 2.05. The first-order chi connectivity index (χ1) is 10.9. The summed E-state index contributed by atoms with van der Waals surface area (Å²) in [5.74, 6) is 3.34. The quantitative estimate of drug-likeness (QED) is 0.781. The van der Waals surface area contributed by atoms with Crippen LogP contribution in [0.15, 0.2) is 11.6 Å². The minimum Gasteiger partial charge on any atom is -0.393 e. The molecule has 0 aromatic carbocycles. The van der Waals surface area contributed by atoms with E-state index in [4.69, 9.17) is 0 Å². The SMILES string of the molecule is C[C@@H]1CC2=CC(=O)CCC2C2CCC3(C)C(CC[C@@]3(O)CO)C21. The van der Waals surface area contributed by atoms with E-state index in [-0.39, 0.29) is 12.0 Å². The van der Waals surface area contributed by atoms with Gasteiger partial charge in [-0.25, -0.2) is 0 Å². The number of allylic oxidation sites excluding steroid dienone is 1. The van der Waals surface area contributed by atoms with Gasteiger partial charge in [-0.05, 0) is 74.2 Å². The molecule has 128 valence electrons. The number of hydrogen-bond donors (Lipinski definition) is 2. The molecule has 4 rings (SSSR count). The highest BCUT2D eigenvalue weighted by molar-refractivity contribution is 5.91. The van der Waals surface area contributed by atoms with Crippen LogP contribution >= 0.6 is 0 Å². The van der Waals surface area contributed by atoms with Crippen molar-refractivity contribution in [1.29, 1.82) is 0 Å². The number of aliphatic hydroxyl groups excluding tert-OH is 1. The third-order valence-corrected chi connectivity index (χ3v) is 8.22. The molecule has 4 aliphatic rings. The molecular formula is C20H30O3. The Morgan fingerprint density at radius 1 is 1.26 bits per heavy atom. The Labute approximate surface area is 139 Å². The third-order valence-electron chi connectivity index (χ3n) is 8.22. The van der Waals surface area contributed by atoms with Crippen molar-refractivity contribution in [1.82, 2.24) is 0 Å². The number of fused-ring (bicyclic) bond motifs is 5. The summed E-state index contributed by atoms with van der Waals surface area (Å²) in [5, 5.41) is 20.8. The molecule has 0 aromatic rings. The van der Waals surface area contributed by atoms with Crippen LogP contribution in [0.25, 0.3) is 0 Å². The largest absolute Gasteiger partial charge is 0.393 e. The van der Waals surface area contributed by atoms with Crippen molar-refractivity contribution in [3.63, 3.8) is 0 Å². The lowest BCUT2D eigenvalue weighted by Gasteiger charge is -2.57. The van der Waals surface area contributed by atoms with Crippen molar-refractivity contribution in [3.05, 3.63) is 11.6 Å². The van der Waals surface area contributed by atoms with Crippen molar-refractivity contribution in [3.8, 4) is 0 Å². The molecule has 0 aliphatic heterocycles. The highest BCUT2D eigenvalue weighted by Gasteiger charge is 2.63. The fourth-order valence-electron chi connectivity index (χ4n) is 6.96. The van der Waals surface area contributed by atoms with Gasteiger partial charge in [-0.15, -0.1) is 0 Å². The van der Waals surface area contributed by atoms with Gasteiger partial charge < -0.3 is 10.2 Å². The molecule has 0 saturated heterocycles. The van der Waals surface area contributed by atoms with Gasteiger partial charge in [0.25, 0.3) is 0 Å². The second kappa shape index (κ2) is 5.16. The molecule has 0 spiro atoms. The molecule has 7 atom stereocenters. The van der Waals surface area contributed by atoms with Gasteiger partial charge in [0.1, 0.15) is 0 Å². The van der Waals surface area contributed by atoms with Crippen LogP contribution in [0.3, 0.4) is 0 Å². The summed E-state index contributed by atoms with van der Waals surface area (Å²) in [6.07, 6.45) is 8.70. The number of carbonyl (C=O) groups excluding carboxylic acids is 1. The molecule has 3 fully saturated rings. The number of rotatable bonds is 1. The van der Waals surface area contributed by atoms with Crippen LogP contribution in [0.4, 0.5) is 0 Å². The van der Waals surface area contributed by atoms with Gasteiger partial charge in [-0.1, -0.05) is 19.4 Å². The molecule has 0 amide bonds. The lowest BCUT2D eigenvalue weighted by molar-refractivity contribution is -0.145. The Hall–Kier alpha value is -0.670. The molecule has 0 aromatic heterocycles. The second-order valence-electron chi connectivity index (χ2n) is 9.04. The Bertz CT molecular complexity index is 553. The summed E-state index contributed by atoms with van der Waals surface area (Å²) in [4.78, 5) is 11.8. The first kappa shape index (κ1) is 15.8. The van der Waals surface area contributed by atoms with Gasteiger partial charge in [-0.2, -0.15) is 0 Å². The van der Waals surface area contributed by atoms with Gasteiger partial charge in [0.05, 0.1) is 12.2 Å². The summed E-state index contributed by atoms with van der Waals surface area (Å²) in [6.45, 7) is 4.46.